The third-order valence-electron chi connectivity index (χ3n) is 3.38. The fourth-order valence-corrected chi connectivity index (χ4v) is 2.31. The average Bonchev–Trinajstić information content (AvgIpc) is 2.39. The van der Waals surface area contributed by atoms with E-state index in [0.29, 0.717) is 17.4 Å². The van der Waals surface area contributed by atoms with Crippen molar-refractivity contribution >= 4 is 17.5 Å². The molecule has 19 heavy (non-hydrogen) atoms. The maximum atomic E-state index is 11.9. The zero-order valence-electron chi connectivity index (χ0n) is 11.9. The fraction of sp³-hybridized carbons (Fsp3) is 0.562. The van der Waals surface area contributed by atoms with Crippen LogP contribution in [0.15, 0.2) is 24.3 Å². The highest BCUT2D eigenvalue weighted by Gasteiger charge is 2.09. The number of halogens is 1. The van der Waals surface area contributed by atoms with E-state index in [4.69, 9.17) is 11.6 Å². The van der Waals surface area contributed by atoms with Gasteiger partial charge >= 0.3 is 0 Å². The summed E-state index contributed by atoms with van der Waals surface area (Å²) in [6, 6.07) is 7.47. The molecule has 1 rings (SSSR count). The predicted octanol–water partition coefficient (Wildman–Crippen LogP) is 4.22. The van der Waals surface area contributed by atoms with Gasteiger partial charge in [0.1, 0.15) is 0 Å². The van der Waals surface area contributed by atoms with Gasteiger partial charge in [0.05, 0.1) is 6.42 Å². The molecule has 0 heterocycles. The van der Waals surface area contributed by atoms with Gasteiger partial charge in [0.25, 0.3) is 0 Å². The quantitative estimate of drug-likeness (QED) is 0.760. The molecule has 3 heteroatoms. The van der Waals surface area contributed by atoms with Crippen LogP contribution in [0, 0.1) is 5.92 Å². The standard InChI is InChI=1S/C16H24ClNO/c1-3-5-7-13(4-2)12-18-16(19)11-14-8-6-9-15(17)10-14/h6,8-10,13H,3-5,7,11-12H2,1-2H3,(H,18,19)/t13-/m0/s1. The minimum Gasteiger partial charge on any atom is -0.356 e. The Balaban J connectivity index is 2.34. The molecule has 0 aliphatic rings. The normalized spacial score (nSPS) is 12.2. The molecule has 0 unspecified atom stereocenters. The van der Waals surface area contributed by atoms with Gasteiger partial charge in [-0.1, -0.05) is 56.8 Å². The summed E-state index contributed by atoms with van der Waals surface area (Å²) in [5.74, 6) is 0.681. The van der Waals surface area contributed by atoms with Crippen LogP contribution in [-0.2, 0) is 11.2 Å². The van der Waals surface area contributed by atoms with Gasteiger partial charge < -0.3 is 5.32 Å². The molecule has 1 aromatic rings. The first kappa shape index (κ1) is 16.0. The number of carbonyl (C=O) groups is 1. The lowest BCUT2D eigenvalue weighted by Gasteiger charge is -2.15. The minimum atomic E-state index is 0.0808. The molecule has 0 fully saturated rings. The number of nitrogens with one attached hydrogen (secondary N) is 1. The Morgan fingerprint density at radius 1 is 1.37 bits per heavy atom. The van der Waals surface area contributed by atoms with Crippen LogP contribution in [0.5, 0.6) is 0 Å². The zero-order chi connectivity index (χ0) is 14.1. The fourth-order valence-electron chi connectivity index (χ4n) is 2.10. The second-order valence-electron chi connectivity index (χ2n) is 5.03. The summed E-state index contributed by atoms with van der Waals surface area (Å²) in [4.78, 5) is 11.9. The predicted molar refractivity (Wildman–Crippen MR) is 81.5 cm³/mol. The minimum absolute atomic E-state index is 0.0808. The van der Waals surface area contributed by atoms with E-state index in [-0.39, 0.29) is 5.91 Å². The topological polar surface area (TPSA) is 29.1 Å². The van der Waals surface area contributed by atoms with Crippen molar-refractivity contribution < 1.29 is 4.79 Å². The zero-order valence-corrected chi connectivity index (χ0v) is 12.7. The van der Waals surface area contributed by atoms with Crippen molar-refractivity contribution in [2.75, 3.05) is 6.54 Å². The van der Waals surface area contributed by atoms with E-state index in [1.54, 1.807) is 0 Å². The lowest BCUT2D eigenvalue weighted by Crippen LogP contribution is -2.30. The summed E-state index contributed by atoms with van der Waals surface area (Å²) in [6.07, 6.45) is 5.18. The molecular weight excluding hydrogens is 258 g/mol. The highest BCUT2D eigenvalue weighted by Crippen LogP contribution is 2.12. The number of hydrogen-bond donors (Lipinski definition) is 1. The Kier molecular flexibility index (Phi) is 7.57. The number of amides is 1. The Labute approximate surface area is 121 Å². The van der Waals surface area contributed by atoms with Crippen molar-refractivity contribution in [1.82, 2.24) is 5.32 Å². The van der Waals surface area contributed by atoms with Crippen LogP contribution in [0.1, 0.15) is 45.1 Å². The van der Waals surface area contributed by atoms with Crippen molar-refractivity contribution in [2.24, 2.45) is 5.92 Å². The van der Waals surface area contributed by atoms with Crippen LogP contribution in [0.3, 0.4) is 0 Å². The first-order chi connectivity index (χ1) is 9.15. The van der Waals surface area contributed by atoms with Gasteiger partial charge in [0.2, 0.25) is 5.91 Å². The van der Waals surface area contributed by atoms with Crippen molar-refractivity contribution in [1.29, 1.82) is 0 Å². The molecular formula is C16H24ClNO. The SMILES string of the molecule is CCCC[C@H](CC)CNC(=O)Cc1cccc(Cl)c1. The van der Waals surface area contributed by atoms with Crippen LogP contribution in [-0.4, -0.2) is 12.5 Å². The maximum absolute atomic E-state index is 11.9. The van der Waals surface area contributed by atoms with Crippen LogP contribution in [0.2, 0.25) is 5.02 Å². The lowest BCUT2D eigenvalue weighted by molar-refractivity contribution is -0.120. The van der Waals surface area contributed by atoms with Crippen LogP contribution < -0.4 is 5.32 Å². The van der Waals surface area contributed by atoms with Gasteiger partial charge in [-0.15, -0.1) is 0 Å². The van der Waals surface area contributed by atoms with Crippen molar-refractivity contribution in [3.05, 3.63) is 34.9 Å². The molecule has 0 bridgehead atoms. The van der Waals surface area contributed by atoms with Gasteiger partial charge in [-0.2, -0.15) is 0 Å². The summed E-state index contributed by atoms with van der Waals surface area (Å²) in [5.41, 5.74) is 0.964. The van der Waals surface area contributed by atoms with Gasteiger partial charge in [-0.05, 0) is 30.0 Å². The van der Waals surface area contributed by atoms with Crippen LogP contribution >= 0.6 is 11.6 Å². The number of benzene rings is 1. The molecule has 2 nitrogen and oxygen atoms in total. The summed E-state index contributed by atoms with van der Waals surface area (Å²) in [5, 5.41) is 3.71. The molecule has 1 aromatic carbocycles. The van der Waals surface area contributed by atoms with Crippen molar-refractivity contribution in [2.45, 2.75) is 46.0 Å². The van der Waals surface area contributed by atoms with E-state index >= 15 is 0 Å². The third-order valence-corrected chi connectivity index (χ3v) is 3.62. The molecule has 0 saturated heterocycles. The number of hydrogen-bond acceptors (Lipinski definition) is 1. The summed E-state index contributed by atoms with van der Waals surface area (Å²) >= 11 is 5.90. The lowest BCUT2D eigenvalue weighted by atomic mass is 9.99. The second-order valence-corrected chi connectivity index (χ2v) is 5.46. The summed E-state index contributed by atoms with van der Waals surface area (Å²) in [7, 11) is 0. The second kappa shape index (κ2) is 8.98. The number of rotatable bonds is 8. The molecule has 106 valence electrons. The Morgan fingerprint density at radius 3 is 2.79 bits per heavy atom. The number of unbranched alkanes of at least 4 members (excludes halogenated alkanes) is 1. The third kappa shape index (κ3) is 6.63. The van der Waals surface area contributed by atoms with E-state index in [1.165, 1.54) is 19.3 Å². The largest absolute Gasteiger partial charge is 0.356 e. The van der Waals surface area contributed by atoms with Crippen molar-refractivity contribution in [3.63, 3.8) is 0 Å². The van der Waals surface area contributed by atoms with Gasteiger partial charge in [0.15, 0.2) is 0 Å². The van der Waals surface area contributed by atoms with Crippen molar-refractivity contribution in [3.8, 4) is 0 Å². The Morgan fingerprint density at radius 2 is 2.16 bits per heavy atom. The van der Waals surface area contributed by atoms with Gasteiger partial charge in [-0.3, -0.25) is 4.79 Å². The number of carbonyl (C=O) groups excluding carboxylic acids is 1. The molecule has 0 aliphatic carbocycles. The monoisotopic (exact) mass is 281 g/mol. The van der Waals surface area contributed by atoms with E-state index in [9.17, 15) is 4.79 Å². The van der Waals surface area contributed by atoms with Gasteiger partial charge in [0, 0.05) is 11.6 Å². The van der Waals surface area contributed by atoms with E-state index < -0.39 is 0 Å². The van der Waals surface area contributed by atoms with E-state index in [0.717, 1.165) is 18.5 Å². The van der Waals surface area contributed by atoms with Crippen LogP contribution in [0.25, 0.3) is 0 Å². The summed E-state index contributed by atoms with van der Waals surface area (Å²) in [6.45, 7) is 5.17. The van der Waals surface area contributed by atoms with Crippen LogP contribution in [0.4, 0.5) is 0 Å². The van der Waals surface area contributed by atoms with Gasteiger partial charge in [-0.25, -0.2) is 0 Å². The molecule has 0 aromatic heterocycles. The average molecular weight is 282 g/mol. The highest BCUT2D eigenvalue weighted by atomic mass is 35.5. The Hall–Kier alpha value is -1.02. The summed E-state index contributed by atoms with van der Waals surface area (Å²) < 4.78 is 0. The molecule has 0 saturated carbocycles. The molecule has 1 atom stereocenters. The first-order valence-electron chi connectivity index (χ1n) is 7.16. The maximum Gasteiger partial charge on any atom is 0.224 e. The van der Waals surface area contributed by atoms with E-state index in [1.807, 2.05) is 24.3 Å². The Bertz CT molecular complexity index is 392. The molecule has 0 spiro atoms. The molecule has 0 radical (unpaired) electrons. The highest BCUT2D eigenvalue weighted by molar-refractivity contribution is 6.30. The molecule has 1 N–H and O–H groups in total. The molecule has 1 amide bonds. The first-order valence-corrected chi connectivity index (χ1v) is 7.54. The molecule has 0 aliphatic heterocycles. The smallest absolute Gasteiger partial charge is 0.224 e. The van der Waals surface area contributed by atoms with E-state index in [2.05, 4.69) is 19.2 Å².